The Balaban J connectivity index is 2.08. The van der Waals surface area contributed by atoms with E-state index in [1.165, 1.54) is 5.56 Å². The van der Waals surface area contributed by atoms with E-state index >= 15 is 0 Å². The lowest BCUT2D eigenvalue weighted by Gasteiger charge is -2.09. The van der Waals surface area contributed by atoms with E-state index in [1.54, 1.807) is 25.3 Å². The van der Waals surface area contributed by atoms with Gasteiger partial charge >= 0.3 is 0 Å². The number of hydrogen-bond acceptors (Lipinski definition) is 3. The molecule has 4 heteroatoms. The van der Waals surface area contributed by atoms with Gasteiger partial charge in [0.1, 0.15) is 17.8 Å². The maximum absolute atomic E-state index is 10.7. The summed E-state index contributed by atoms with van der Waals surface area (Å²) >= 11 is 3.39. The number of halogens is 1. The number of carbonyl (C=O) groups excluding carboxylic acids is 1. The minimum atomic E-state index is 0.610. The third kappa shape index (κ3) is 3.92. The molecule has 0 unspecified atom stereocenters. The molecule has 0 amide bonds. The minimum absolute atomic E-state index is 0.610. The molecule has 104 valence electrons. The van der Waals surface area contributed by atoms with Crippen LogP contribution < -0.4 is 4.74 Å². The predicted molar refractivity (Wildman–Crippen MR) is 81.6 cm³/mol. The van der Waals surface area contributed by atoms with Crippen molar-refractivity contribution in [1.29, 1.82) is 0 Å². The molecule has 0 fully saturated rings. The second-order valence-corrected chi connectivity index (χ2v) is 5.15. The van der Waals surface area contributed by atoms with Crippen LogP contribution in [-0.2, 0) is 11.2 Å². The Morgan fingerprint density at radius 3 is 2.50 bits per heavy atom. The van der Waals surface area contributed by atoms with Crippen molar-refractivity contribution in [2.45, 2.75) is 6.42 Å². The van der Waals surface area contributed by atoms with Crippen LogP contribution in [0.2, 0.25) is 0 Å². The van der Waals surface area contributed by atoms with Crippen LogP contribution in [0.5, 0.6) is 11.5 Å². The highest BCUT2D eigenvalue weighted by molar-refractivity contribution is 9.10. The van der Waals surface area contributed by atoms with E-state index in [9.17, 15) is 4.79 Å². The Bertz CT molecular complexity index is 579. The summed E-state index contributed by atoms with van der Waals surface area (Å²) in [4.78, 5) is 10.7. The molecule has 0 saturated heterocycles. The van der Waals surface area contributed by atoms with E-state index in [1.807, 2.05) is 24.3 Å². The first-order valence-corrected chi connectivity index (χ1v) is 7.02. The van der Waals surface area contributed by atoms with Gasteiger partial charge in [-0.25, -0.2) is 0 Å². The first kappa shape index (κ1) is 14.8. The highest BCUT2D eigenvalue weighted by Crippen LogP contribution is 2.30. The topological polar surface area (TPSA) is 35.5 Å². The molecule has 0 bridgehead atoms. The average Bonchev–Trinajstić information content (AvgIpc) is 2.48. The monoisotopic (exact) mass is 334 g/mol. The Morgan fingerprint density at radius 1 is 1.15 bits per heavy atom. The fourth-order valence-corrected chi connectivity index (χ4v) is 2.22. The minimum Gasteiger partial charge on any atom is -0.456 e. The van der Waals surface area contributed by atoms with E-state index in [4.69, 9.17) is 9.47 Å². The van der Waals surface area contributed by atoms with E-state index in [0.29, 0.717) is 17.9 Å². The summed E-state index contributed by atoms with van der Waals surface area (Å²) < 4.78 is 11.6. The molecule has 2 aromatic rings. The number of ether oxygens (including phenoxy) is 2. The molecule has 0 aliphatic rings. The van der Waals surface area contributed by atoms with Crippen LogP contribution in [0, 0.1) is 0 Å². The van der Waals surface area contributed by atoms with Crippen molar-refractivity contribution in [2.24, 2.45) is 0 Å². The van der Waals surface area contributed by atoms with Crippen molar-refractivity contribution in [3.63, 3.8) is 0 Å². The van der Waals surface area contributed by atoms with Crippen LogP contribution in [-0.4, -0.2) is 20.0 Å². The normalized spacial score (nSPS) is 10.3. The van der Waals surface area contributed by atoms with E-state index in [2.05, 4.69) is 15.9 Å². The van der Waals surface area contributed by atoms with Crippen molar-refractivity contribution in [3.8, 4) is 11.5 Å². The maximum Gasteiger partial charge on any atom is 0.150 e. The Kier molecular flexibility index (Phi) is 5.32. The zero-order chi connectivity index (χ0) is 14.4. The fourth-order valence-electron chi connectivity index (χ4n) is 1.74. The molecule has 3 nitrogen and oxygen atoms in total. The summed E-state index contributed by atoms with van der Waals surface area (Å²) in [6.45, 7) is 0.707. The van der Waals surface area contributed by atoms with Crippen molar-refractivity contribution < 1.29 is 14.3 Å². The van der Waals surface area contributed by atoms with Crippen molar-refractivity contribution in [3.05, 3.63) is 58.1 Å². The number of benzene rings is 2. The molecular formula is C16H15BrO3. The highest BCUT2D eigenvalue weighted by Gasteiger charge is 2.04. The zero-order valence-electron chi connectivity index (χ0n) is 11.1. The fraction of sp³-hybridized carbons (Fsp3) is 0.188. The highest BCUT2D eigenvalue weighted by atomic mass is 79.9. The quantitative estimate of drug-likeness (QED) is 0.741. The van der Waals surface area contributed by atoms with E-state index in [0.717, 1.165) is 22.9 Å². The maximum atomic E-state index is 10.7. The van der Waals surface area contributed by atoms with Crippen LogP contribution >= 0.6 is 15.9 Å². The second kappa shape index (κ2) is 7.22. The van der Waals surface area contributed by atoms with Crippen LogP contribution in [0.1, 0.15) is 15.9 Å². The van der Waals surface area contributed by atoms with Gasteiger partial charge in [0.2, 0.25) is 0 Å². The smallest absolute Gasteiger partial charge is 0.150 e. The summed E-state index contributed by atoms with van der Waals surface area (Å²) in [5.41, 5.74) is 1.81. The van der Waals surface area contributed by atoms with Gasteiger partial charge in [-0.15, -0.1) is 0 Å². The Labute approximate surface area is 126 Å². The van der Waals surface area contributed by atoms with Crippen molar-refractivity contribution in [1.82, 2.24) is 0 Å². The SMILES string of the molecule is COCCc1ccc(Oc2ccc(C=O)cc2Br)cc1. The van der Waals surface area contributed by atoms with Crippen LogP contribution in [0.25, 0.3) is 0 Å². The largest absolute Gasteiger partial charge is 0.456 e. The van der Waals surface area contributed by atoms with Crippen LogP contribution in [0.3, 0.4) is 0 Å². The van der Waals surface area contributed by atoms with E-state index < -0.39 is 0 Å². The van der Waals surface area contributed by atoms with Gasteiger partial charge in [-0.3, -0.25) is 4.79 Å². The Morgan fingerprint density at radius 2 is 1.90 bits per heavy atom. The van der Waals surface area contributed by atoms with Gasteiger partial charge < -0.3 is 9.47 Å². The summed E-state index contributed by atoms with van der Waals surface area (Å²) in [6, 6.07) is 13.1. The third-order valence-corrected chi connectivity index (χ3v) is 3.46. The van der Waals surface area contributed by atoms with Crippen LogP contribution in [0.4, 0.5) is 0 Å². The predicted octanol–water partition coefficient (Wildman–Crippen LogP) is 4.24. The molecule has 0 aromatic heterocycles. The second-order valence-electron chi connectivity index (χ2n) is 4.30. The van der Waals surface area contributed by atoms with Gasteiger partial charge in [0.05, 0.1) is 11.1 Å². The lowest BCUT2D eigenvalue weighted by atomic mass is 10.1. The summed E-state index contributed by atoms with van der Waals surface area (Å²) in [7, 11) is 1.69. The molecule has 0 spiro atoms. The molecule has 20 heavy (non-hydrogen) atoms. The number of rotatable bonds is 6. The molecule has 2 aromatic carbocycles. The number of aldehydes is 1. The van der Waals surface area contributed by atoms with Gasteiger partial charge in [0, 0.05) is 12.7 Å². The van der Waals surface area contributed by atoms with Crippen molar-refractivity contribution in [2.75, 3.05) is 13.7 Å². The van der Waals surface area contributed by atoms with Crippen molar-refractivity contribution >= 4 is 22.2 Å². The van der Waals surface area contributed by atoms with Gasteiger partial charge in [-0.1, -0.05) is 12.1 Å². The van der Waals surface area contributed by atoms with Gasteiger partial charge in [0.15, 0.2) is 0 Å². The zero-order valence-corrected chi connectivity index (χ0v) is 12.7. The molecule has 0 aliphatic carbocycles. The summed E-state index contributed by atoms with van der Waals surface area (Å²) in [5, 5.41) is 0. The lowest BCUT2D eigenvalue weighted by Crippen LogP contribution is -1.94. The van der Waals surface area contributed by atoms with Crippen LogP contribution in [0.15, 0.2) is 46.9 Å². The summed E-state index contributed by atoms with van der Waals surface area (Å²) in [5.74, 6) is 1.44. The molecule has 0 N–H and O–H groups in total. The molecule has 0 atom stereocenters. The first-order valence-electron chi connectivity index (χ1n) is 6.23. The standard InChI is InChI=1S/C16H15BrO3/c1-19-9-8-12-2-5-14(6-3-12)20-16-7-4-13(11-18)10-15(16)17/h2-7,10-11H,8-9H2,1H3. The molecule has 0 radical (unpaired) electrons. The number of hydrogen-bond donors (Lipinski definition) is 0. The molecule has 0 aliphatic heterocycles. The molecule has 0 saturated carbocycles. The first-order chi connectivity index (χ1) is 9.72. The lowest BCUT2D eigenvalue weighted by molar-refractivity contribution is 0.112. The number of carbonyl (C=O) groups is 1. The molecular weight excluding hydrogens is 320 g/mol. The molecule has 2 rings (SSSR count). The van der Waals surface area contributed by atoms with E-state index in [-0.39, 0.29) is 0 Å². The van der Waals surface area contributed by atoms with Gasteiger partial charge in [-0.2, -0.15) is 0 Å². The summed E-state index contributed by atoms with van der Waals surface area (Å²) in [6.07, 6.45) is 1.69. The van der Waals surface area contributed by atoms with Gasteiger partial charge in [0.25, 0.3) is 0 Å². The third-order valence-electron chi connectivity index (χ3n) is 2.84. The average molecular weight is 335 g/mol. The Hall–Kier alpha value is -1.65. The molecule has 0 heterocycles. The number of methoxy groups -OCH3 is 1. The van der Waals surface area contributed by atoms with Gasteiger partial charge in [-0.05, 0) is 58.2 Å².